The molecule has 0 aliphatic rings. The number of hydrogen-bond acceptors (Lipinski definition) is 3. The van der Waals surface area contributed by atoms with Gasteiger partial charge >= 0.3 is 0 Å². The average Bonchev–Trinajstić information content (AvgIpc) is 2.15. The van der Waals surface area contributed by atoms with Gasteiger partial charge in [-0.15, -0.1) is 0 Å². The number of fused-ring (bicyclic) bond motifs is 1. The molecule has 0 unspecified atom stereocenters. The molecule has 0 amide bonds. The van der Waals surface area contributed by atoms with Gasteiger partial charge in [-0.3, -0.25) is 0 Å². The fraction of sp³-hybridized carbons (Fsp3) is 0.0909. The summed E-state index contributed by atoms with van der Waals surface area (Å²) in [5, 5.41) is 1.98. The van der Waals surface area contributed by atoms with Gasteiger partial charge in [0.15, 0.2) is 0 Å². The van der Waals surface area contributed by atoms with E-state index in [1.54, 1.807) is 12.1 Å². The molecule has 2 rings (SSSR count). The standard InChI is InChI=1S/C11H10O3S/c12-15(13,14)8-9-5-6-10-3-1-2-4-11(10)7-9/h1-7H,8H2,(H,12,13,14)/p-1. The lowest BCUT2D eigenvalue weighted by molar-refractivity contribution is 0.462. The van der Waals surface area contributed by atoms with E-state index < -0.39 is 15.9 Å². The highest BCUT2D eigenvalue weighted by molar-refractivity contribution is 7.84. The van der Waals surface area contributed by atoms with Crippen LogP contribution >= 0.6 is 0 Å². The van der Waals surface area contributed by atoms with Gasteiger partial charge in [0.2, 0.25) is 0 Å². The first kappa shape index (κ1) is 10.1. The van der Waals surface area contributed by atoms with E-state index in [2.05, 4.69) is 0 Å². The summed E-state index contributed by atoms with van der Waals surface area (Å²) in [4.78, 5) is 0. The van der Waals surface area contributed by atoms with Crippen molar-refractivity contribution in [3.63, 3.8) is 0 Å². The summed E-state index contributed by atoms with van der Waals surface area (Å²) < 4.78 is 31.7. The number of benzene rings is 2. The van der Waals surface area contributed by atoms with Crippen LogP contribution in [0.4, 0.5) is 0 Å². The third-order valence-corrected chi connectivity index (χ3v) is 2.84. The summed E-state index contributed by atoms with van der Waals surface area (Å²) in [5.74, 6) is -0.447. The molecule has 0 aliphatic heterocycles. The molecule has 2 aromatic rings. The van der Waals surface area contributed by atoms with Gasteiger partial charge in [-0.2, -0.15) is 0 Å². The molecule has 0 N–H and O–H groups in total. The zero-order valence-corrected chi connectivity index (χ0v) is 8.70. The van der Waals surface area contributed by atoms with E-state index in [1.807, 2.05) is 30.3 Å². The van der Waals surface area contributed by atoms with Crippen molar-refractivity contribution in [2.45, 2.75) is 5.75 Å². The van der Waals surface area contributed by atoms with Gasteiger partial charge in [-0.1, -0.05) is 42.5 Å². The monoisotopic (exact) mass is 221 g/mol. The van der Waals surface area contributed by atoms with Gasteiger partial charge in [0, 0.05) is 0 Å². The molecule has 3 nitrogen and oxygen atoms in total. The molecule has 0 bridgehead atoms. The quantitative estimate of drug-likeness (QED) is 0.727. The molecular formula is C11H9O3S-. The Morgan fingerprint density at radius 2 is 1.67 bits per heavy atom. The lowest BCUT2D eigenvalue weighted by Crippen LogP contribution is -2.01. The van der Waals surface area contributed by atoms with Gasteiger partial charge < -0.3 is 4.55 Å². The minimum atomic E-state index is -4.20. The second-order valence-electron chi connectivity index (χ2n) is 3.38. The fourth-order valence-electron chi connectivity index (χ4n) is 1.53. The zero-order chi connectivity index (χ0) is 10.9. The molecular weight excluding hydrogens is 212 g/mol. The van der Waals surface area contributed by atoms with Gasteiger partial charge in [-0.05, 0) is 16.3 Å². The van der Waals surface area contributed by atoms with Crippen molar-refractivity contribution in [1.82, 2.24) is 0 Å². The van der Waals surface area contributed by atoms with Gasteiger partial charge in [0.05, 0.1) is 15.9 Å². The molecule has 0 heterocycles. The third kappa shape index (κ3) is 2.55. The molecule has 78 valence electrons. The summed E-state index contributed by atoms with van der Waals surface area (Å²) in [6.07, 6.45) is 0. The summed E-state index contributed by atoms with van der Waals surface area (Å²) >= 11 is 0. The molecule has 2 aromatic carbocycles. The SMILES string of the molecule is O=S(=O)([O-])Cc1ccc2ccccc2c1. The van der Waals surface area contributed by atoms with Crippen molar-refractivity contribution in [1.29, 1.82) is 0 Å². The highest BCUT2D eigenvalue weighted by Crippen LogP contribution is 2.16. The first-order valence-corrected chi connectivity index (χ1v) is 6.03. The first-order chi connectivity index (χ1) is 7.04. The van der Waals surface area contributed by atoms with Crippen LogP contribution in [-0.2, 0) is 15.9 Å². The molecule has 0 spiro atoms. The molecule has 0 saturated heterocycles. The maximum absolute atomic E-state index is 10.6. The van der Waals surface area contributed by atoms with Crippen LogP contribution < -0.4 is 0 Å². The van der Waals surface area contributed by atoms with E-state index in [9.17, 15) is 13.0 Å². The van der Waals surface area contributed by atoms with Gasteiger partial charge in [-0.25, -0.2) is 8.42 Å². The lowest BCUT2D eigenvalue weighted by atomic mass is 10.1. The van der Waals surface area contributed by atoms with E-state index in [1.165, 1.54) is 0 Å². The Morgan fingerprint density at radius 1 is 1.00 bits per heavy atom. The highest BCUT2D eigenvalue weighted by atomic mass is 32.2. The minimum absolute atomic E-state index is 0.447. The predicted molar refractivity (Wildman–Crippen MR) is 57.3 cm³/mol. The maximum Gasteiger partial charge on any atom is 0.0988 e. The van der Waals surface area contributed by atoms with Crippen LogP contribution in [0.3, 0.4) is 0 Å². The lowest BCUT2D eigenvalue weighted by Gasteiger charge is -2.07. The van der Waals surface area contributed by atoms with Crippen LogP contribution in [0.5, 0.6) is 0 Å². The predicted octanol–water partition coefficient (Wildman–Crippen LogP) is 1.89. The molecule has 0 saturated carbocycles. The van der Waals surface area contributed by atoms with Crippen LogP contribution in [-0.4, -0.2) is 13.0 Å². The fourth-order valence-corrected chi connectivity index (χ4v) is 2.12. The molecule has 0 atom stereocenters. The van der Waals surface area contributed by atoms with E-state index >= 15 is 0 Å². The molecule has 4 heteroatoms. The van der Waals surface area contributed by atoms with Crippen LogP contribution in [0, 0.1) is 0 Å². The van der Waals surface area contributed by atoms with Crippen LogP contribution in [0.25, 0.3) is 10.8 Å². The second-order valence-corrected chi connectivity index (χ2v) is 4.79. The Balaban J connectivity index is 2.48. The summed E-state index contributed by atoms with van der Waals surface area (Å²) in [6, 6.07) is 12.8. The van der Waals surface area contributed by atoms with Crippen LogP contribution in [0.1, 0.15) is 5.56 Å². The Morgan fingerprint density at radius 3 is 2.33 bits per heavy atom. The van der Waals surface area contributed by atoms with Gasteiger partial charge in [0.25, 0.3) is 0 Å². The second kappa shape index (κ2) is 3.64. The van der Waals surface area contributed by atoms with Crippen molar-refractivity contribution < 1.29 is 13.0 Å². The molecule has 0 fully saturated rings. The van der Waals surface area contributed by atoms with E-state index in [0.717, 1.165) is 10.8 Å². The van der Waals surface area contributed by atoms with Crippen molar-refractivity contribution in [2.24, 2.45) is 0 Å². The topological polar surface area (TPSA) is 57.2 Å². The minimum Gasteiger partial charge on any atom is -0.748 e. The van der Waals surface area contributed by atoms with Crippen molar-refractivity contribution in [3.05, 3.63) is 48.0 Å². The van der Waals surface area contributed by atoms with Crippen LogP contribution in [0.2, 0.25) is 0 Å². The normalized spacial score (nSPS) is 11.8. The summed E-state index contributed by atoms with van der Waals surface area (Å²) in [7, 11) is -4.20. The Hall–Kier alpha value is -1.39. The van der Waals surface area contributed by atoms with E-state index in [4.69, 9.17) is 0 Å². The van der Waals surface area contributed by atoms with Crippen LogP contribution in [0.15, 0.2) is 42.5 Å². The average molecular weight is 221 g/mol. The third-order valence-electron chi connectivity index (χ3n) is 2.16. The summed E-state index contributed by atoms with van der Waals surface area (Å²) in [6.45, 7) is 0. The largest absolute Gasteiger partial charge is 0.748 e. The van der Waals surface area contributed by atoms with Gasteiger partial charge in [0.1, 0.15) is 0 Å². The summed E-state index contributed by atoms with van der Waals surface area (Å²) in [5.41, 5.74) is 0.531. The Kier molecular flexibility index (Phi) is 2.46. The Labute approximate surface area is 88.1 Å². The molecule has 15 heavy (non-hydrogen) atoms. The smallest absolute Gasteiger partial charge is 0.0988 e. The van der Waals surface area contributed by atoms with Crippen molar-refractivity contribution >= 4 is 20.9 Å². The molecule has 0 aliphatic carbocycles. The first-order valence-electron chi connectivity index (χ1n) is 4.46. The van der Waals surface area contributed by atoms with E-state index in [-0.39, 0.29) is 0 Å². The van der Waals surface area contributed by atoms with E-state index in [0.29, 0.717) is 5.56 Å². The highest BCUT2D eigenvalue weighted by Gasteiger charge is 2.00. The Bertz CT molecular complexity index is 588. The van der Waals surface area contributed by atoms with Crippen molar-refractivity contribution in [2.75, 3.05) is 0 Å². The number of rotatable bonds is 2. The molecule has 0 aromatic heterocycles. The zero-order valence-electron chi connectivity index (χ0n) is 7.88. The number of hydrogen-bond donors (Lipinski definition) is 0. The van der Waals surface area contributed by atoms with Crippen molar-refractivity contribution in [3.8, 4) is 0 Å². The maximum atomic E-state index is 10.6. The molecule has 0 radical (unpaired) electrons.